The molecule has 0 radical (unpaired) electrons. The predicted molar refractivity (Wildman–Crippen MR) is 81.2 cm³/mol. The van der Waals surface area contributed by atoms with Crippen molar-refractivity contribution in [2.24, 2.45) is 0 Å². The topological polar surface area (TPSA) is 34.9 Å². The van der Waals surface area contributed by atoms with Crippen LogP contribution in [0.1, 0.15) is 21.5 Å². The maximum absolute atomic E-state index is 11.2. The molecule has 0 amide bonds. The van der Waals surface area contributed by atoms with Crippen LogP contribution in [0, 0.1) is 6.92 Å². The highest BCUT2D eigenvalue weighted by molar-refractivity contribution is 7.08. The number of carbonyl (C=O) groups is 1. The molecule has 0 spiro atoms. The molecule has 1 aromatic carbocycles. The van der Waals surface area contributed by atoms with Gasteiger partial charge in [-0.1, -0.05) is 29.8 Å². The minimum Gasteiger partial charge on any atom is -0.298 e. The van der Waals surface area contributed by atoms with Crippen molar-refractivity contribution in [1.82, 2.24) is 9.78 Å². The van der Waals surface area contributed by atoms with Gasteiger partial charge in [0.15, 0.2) is 6.29 Å². The molecule has 0 unspecified atom stereocenters. The second kappa shape index (κ2) is 5.43. The molecule has 0 aliphatic rings. The van der Waals surface area contributed by atoms with Crippen LogP contribution in [0.5, 0.6) is 0 Å². The fourth-order valence-electron chi connectivity index (χ4n) is 2.11. The lowest BCUT2D eigenvalue weighted by Crippen LogP contribution is -2.00. The van der Waals surface area contributed by atoms with Gasteiger partial charge in [0.1, 0.15) is 5.69 Å². The average molecular weight is 282 g/mol. The number of aromatic nitrogens is 2. The molecule has 3 aromatic rings. The third-order valence-electron chi connectivity index (χ3n) is 3.18. The van der Waals surface area contributed by atoms with Crippen LogP contribution < -0.4 is 0 Å². The number of thiophene rings is 1. The van der Waals surface area contributed by atoms with E-state index < -0.39 is 0 Å². The van der Waals surface area contributed by atoms with Crippen LogP contribution in [0.25, 0.3) is 11.3 Å². The molecule has 0 bridgehead atoms. The number of hydrogen-bond acceptors (Lipinski definition) is 3. The van der Waals surface area contributed by atoms with Crippen LogP contribution in [0.3, 0.4) is 0 Å². The molecule has 0 saturated heterocycles. The van der Waals surface area contributed by atoms with Crippen LogP contribution in [-0.4, -0.2) is 16.1 Å². The molecule has 100 valence electrons. The lowest BCUT2D eigenvalue weighted by molar-refractivity contribution is 0.112. The van der Waals surface area contributed by atoms with Gasteiger partial charge in [0.25, 0.3) is 0 Å². The van der Waals surface area contributed by atoms with Gasteiger partial charge in [0, 0.05) is 17.1 Å². The van der Waals surface area contributed by atoms with Gasteiger partial charge >= 0.3 is 0 Å². The first-order valence-electron chi connectivity index (χ1n) is 6.37. The Hall–Kier alpha value is -2.20. The molecule has 3 nitrogen and oxygen atoms in total. The highest BCUT2D eigenvalue weighted by Gasteiger charge is 2.11. The maximum atomic E-state index is 11.2. The highest BCUT2D eigenvalue weighted by atomic mass is 32.1. The van der Waals surface area contributed by atoms with E-state index in [2.05, 4.69) is 36.3 Å². The Morgan fingerprint density at radius 3 is 2.70 bits per heavy atom. The second-order valence-electron chi connectivity index (χ2n) is 4.75. The van der Waals surface area contributed by atoms with Crippen LogP contribution in [0.15, 0.2) is 47.3 Å². The van der Waals surface area contributed by atoms with E-state index in [1.54, 1.807) is 17.5 Å². The Kier molecular flexibility index (Phi) is 3.48. The normalized spacial score (nSPS) is 10.7. The Labute approximate surface area is 121 Å². The van der Waals surface area contributed by atoms with Crippen LogP contribution in [0.4, 0.5) is 0 Å². The van der Waals surface area contributed by atoms with Crippen molar-refractivity contribution in [3.8, 4) is 11.3 Å². The summed E-state index contributed by atoms with van der Waals surface area (Å²) in [5.41, 5.74) is 4.80. The summed E-state index contributed by atoms with van der Waals surface area (Å²) in [7, 11) is 0. The van der Waals surface area contributed by atoms with Crippen molar-refractivity contribution in [1.29, 1.82) is 0 Å². The third kappa shape index (κ3) is 2.56. The van der Waals surface area contributed by atoms with Gasteiger partial charge in [0.05, 0.1) is 12.1 Å². The number of hydrogen-bond donors (Lipinski definition) is 0. The molecule has 0 aliphatic heterocycles. The van der Waals surface area contributed by atoms with E-state index >= 15 is 0 Å². The van der Waals surface area contributed by atoms with Crippen LogP contribution >= 0.6 is 11.3 Å². The number of carbonyl (C=O) groups excluding carboxylic acids is 1. The molecule has 0 aliphatic carbocycles. The lowest BCUT2D eigenvalue weighted by Gasteiger charge is -2.02. The molecular formula is C16H14N2OS. The van der Waals surface area contributed by atoms with Crippen molar-refractivity contribution in [3.63, 3.8) is 0 Å². The smallest absolute Gasteiger partial charge is 0.153 e. The second-order valence-corrected chi connectivity index (χ2v) is 5.53. The minimum absolute atomic E-state index is 0.635. The van der Waals surface area contributed by atoms with Crippen molar-refractivity contribution < 1.29 is 4.79 Å². The zero-order valence-electron chi connectivity index (χ0n) is 11.1. The summed E-state index contributed by atoms with van der Waals surface area (Å²) < 4.78 is 1.82. The van der Waals surface area contributed by atoms with Crippen molar-refractivity contribution in [2.75, 3.05) is 0 Å². The van der Waals surface area contributed by atoms with Gasteiger partial charge in [-0.25, -0.2) is 0 Å². The van der Waals surface area contributed by atoms with Crippen LogP contribution in [0.2, 0.25) is 0 Å². The molecule has 4 heteroatoms. The molecule has 2 aromatic heterocycles. The Balaban J connectivity index is 1.91. The first kappa shape index (κ1) is 12.8. The maximum Gasteiger partial charge on any atom is 0.153 e. The summed E-state index contributed by atoms with van der Waals surface area (Å²) in [6.07, 6.45) is 2.67. The number of aryl methyl sites for hydroxylation is 1. The van der Waals surface area contributed by atoms with E-state index in [0.717, 1.165) is 17.5 Å². The number of rotatable bonds is 4. The standard InChI is InChI=1S/C16H14N2OS/c1-12-2-4-13(5-3-12)8-18-9-15(10-19)16(17-18)14-6-7-20-11-14/h2-7,9-11H,8H2,1H3. The van der Waals surface area contributed by atoms with Gasteiger partial charge in [-0.2, -0.15) is 16.4 Å². The number of aldehydes is 1. The predicted octanol–water partition coefficient (Wildman–Crippen LogP) is 3.78. The summed E-state index contributed by atoms with van der Waals surface area (Å²) in [5, 5.41) is 8.53. The van der Waals surface area contributed by atoms with Gasteiger partial charge in [-0.3, -0.25) is 9.48 Å². The van der Waals surface area contributed by atoms with Crippen molar-refractivity contribution >= 4 is 17.6 Å². The van der Waals surface area contributed by atoms with Crippen molar-refractivity contribution in [2.45, 2.75) is 13.5 Å². The summed E-state index contributed by atoms with van der Waals surface area (Å²) >= 11 is 1.60. The summed E-state index contributed by atoms with van der Waals surface area (Å²) in [5.74, 6) is 0. The molecule has 0 atom stereocenters. The quantitative estimate of drug-likeness (QED) is 0.683. The average Bonchev–Trinajstić information content (AvgIpc) is 3.10. The molecule has 0 fully saturated rings. The Morgan fingerprint density at radius 2 is 2.05 bits per heavy atom. The SMILES string of the molecule is Cc1ccc(Cn2cc(C=O)c(-c3ccsc3)n2)cc1. The van der Waals surface area contributed by atoms with E-state index in [1.807, 2.05) is 21.5 Å². The zero-order valence-corrected chi connectivity index (χ0v) is 11.9. The fourth-order valence-corrected chi connectivity index (χ4v) is 2.75. The zero-order chi connectivity index (χ0) is 13.9. The van der Waals surface area contributed by atoms with Gasteiger partial charge in [-0.05, 0) is 23.9 Å². The molecule has 20 heavy (non-hydrogen) atoms. The van der Waals surface area contributed by atoms with E-state index in [9.17, 15) is 4.79 Å². The molecule has 2 heterocycles. The number of nitrogens with zero attached hydrogens (tertiary/aromatic N) is 2. The van der Waals surface area contributed by atoms with Gasteiger partial charge in [-0.15, -0.1) is 0 Å². The Bertz CT molecular complexity index is 712. The third-order valence-corrected chi connectivity index (χ3v) is 3.86. The summed E-state index contributed by atoms with van der Waals surface area (Å²) in [6, 6.07) is 10.3. The van der Waals surface area contributed by atoms with E-state index in [0.29, 0.717) is 12.1 Å². The first-order valence-corrected chi connectivity index (χ1v) is 7.31. The van der Waals surface area contributed by atoms with Gasteiger partial charge < -0.3 is 0 Å². The molecule has 3 rings (SSSR count). The summed E-state index contributed by atoms with van der Waals surface area (Å²) in [4.78, 5) is 11.2. The van der Waals surface area contributed by atoms with E-state index in [1.165, 1.54) is 11.1 Å². The van der Waals surface area contributed by atoms with Gasteiger partial charge in [0.2, 0.25) is 0 Å². The van der Waals surface area contributed by atoms with E-state index in [-0.39, 0.29) is 0 Å². The molecule has 0 N–H and O–H groups in total. The number of benzene rings is 1. The minimum atomic E-state index is 0.635. The molecular weight excluding hydrogens is 268 g/mol. The Morgan fingerprint density at radius 1 is 1.25 bits per heavy atom. The van der Waals surface area contributed by atoms with E-state index in [4.69, 9.17) is 0 Å². The lowest BCUT2D eigenvalue weighted by atomic mass is 10.1. The van der Waals surface area contributed by atoms with Crippen molar-refractivity contribution in [3.05, 3.63) is 64.0 Å². The first-order chi connectivity index (χ1) is 9.76. The molecule has 0 saturated carbocycles. The monoisotopic (exact) mass is 282 g/mol. The van der Waals surface area contributed by atoms with Crippen LogP contribution in [-0.2, 0) is 6.54 Å². The summed E-state index contributed by atoms with van der Waals surface area (Å²) in [6.45, 7) is 2.74. The highest BCUT2D eigenvalue weighted by Crippen LogP contribution is 2.23. The fraction of sp³-hybridized carbons (Fsp3) is 0.125. The largest absolute Gasteiger partial charge is 0.298 e.